The molecule has 0 bridgehead atoms. The minimum Gasteiger partial charge on any atom is -0.492 e. The van der Waals surface area contributed by atoms with Crippen molar-refractivity contribution in [2.75, 3.05) is 11.9 Å². The number of amides is 2. The van der Waals surface area contributed by atoms with Gasteiger partial charge in [0.05, 0.1) is 12.3 Å². The minimum atomic E-state index is -0.383. The molecule has 0 aliphatic heterocycles. The molecule has 2 rings (SSSR count). The predicted molar refractivity (Wildman–Crippen MR) is 76.6 cm³/mol. The SMILES string of the molecule is CCOc1cc(F)ccc1NC(=O)NC1CCCCC1. The molecule has 5 heteroatoms. The van der Waals surface area contributed by atoms with Crippen LogP contribution in [0.25, 0.3) is 0 Å². The number of anilines is 1. The van der Waals surface area contributed by atoms with Gasteiger partial charge in [-0.25, -0.2) is 9.18 Å². The zero-order valence-electron chi connectivity index (χ0n) is 11.7. The average Bonchev–Trinajstić information content (AvgIpc) is 2.43. The number of nitrogens with one attached hydrogen (secondary N) is 2. The van der Waals surface area contributed by atoms with Crippen molar-refractivity contribution in [1.82, 2.24) is 5.32 Å². The van der Waals surface area contributed by atoms with Crippen LogP contribution < -0.4 is 15.4 Å². The molecule has 2 N–H and O–H groups in total. The van der Waals surface area contributed by atoms with Crippen molar-refractivity contribution in [3.8, 4) is 5.75 Å². The second kappa shape index (κ2) is 7.12. The number of carbonyl (C=O) groups is 1. The lowest BCUT2D eigenvalue weighted by molar-refractivity contribution is 0.244. The quantitative estimate of drug-likeness (QED) is 0.884. The minimum absolute atomic E-state index is 0.236. The fraction of sp³-hybridized carbons (Fsp3) is 0.533. The number of ether oxygens (including phenoxy) is 1. The van der Waals surface area contributed by atoms with Gasteiger partial charge in [-0.2, -0.15) is 0 Å². The van der Waals surface area contributed by atoms with Crippen LogP contribution in [0.1, 0.15) is 39.0 Å². The molecule has 4 nitrogen and oxygen atoms in total. The number of halogens is 1. The number of benzene rings is 1. The van der Waals surface area contributed by atoms with E-state index in [0.717, 1.165) is 25.7 Å². The number of hydrogen-bond donors (Lipinski definition) is 2. The third-order valence-corrected chi connectivity index (χ3v) is 3.43. The Morgan fingerprint density at radius 2 is 2.10 bits per heavy atom. The van der Waals surface area contributed by atoms with Gasteiger partial charge in [0.1, 0.15) is 11.6 Å². The highest BCUT2D eigenvalue weighted by atomic mass is 19.1. The van der Waals surface area contributed by atoms with Gasteiger partial charge in [0, 0.05) is 12.1 Å². The standard InChI is InChI=1S/C15H21FN2O2/c1-2-20-14-10-11(16)8-9-13(14)18-15(19)17-12-6-4-3-5-7-12/h8-10,12H,2-7H2,1H3,(H2,17,18,19). The third kappa shape index (κ3) is 4.11. The van der Waals surface area contributed by atoms with Crippen LogP contribution in [0.5, 0.6) is 5.75 Å². The van der Waals surface area contributed by atoms with Crippen LogP contribution in [-0.2, 0) is 0 Å². The molecule has 2 amide bonds. The molecule has 110 valence electrons. The maximum Gasteiger partial charge on any atom is 0.319 e. The van der Waals surface area contributed by atoms with Crippen LogP contribution in [0.15, 0.2) is 18.2 Å². The van der Waals surface area contributed by atoms with Gasteiger partial charge in [0.15, 0.2) is 0 Å². The van der Waals surface area contributed by atoms with Crippen LogP contribution in [0, 0.1) is 5.82 Å². The summed E-state index contributed by atoms with van der Waals surface area (Å²) in [6.45, 7) is 2.24. The van der Waals surface area contributed by atoms with E-state index in [1.807, 2.05) is 6.92 Å². The van der Waals surface area contributed by atoms with Crippen molar-refractivity contribution in [1.29, 1.82) is 0 Å². The Hall–Kier alpha value is -1.78. The van der Waals surface area contributed by atoms with Crippen LogP contribution >= 0.6 is 0 Å². The monoisotopic (exact) mass is 280 g/mol. The molecule has 1 aromatic carbocycles. The van der Waals surface area contributed by atoms with E-state index >= 15 is 0 Å². The lowest BCUT2D eigenvalue weighted by atomic mass is 9.96. The molecular formula is C15H21FN2O2. The fourth-order valence-electron chi connectivity index (χ4n) is 2.47. The Balaban J connectivity index is 1.96. The lowest BCUT2D eigenvalue weighted by Crippen LogP contribution is -2.39. The van der Waals surface area contributed by atoms with E-state index in [-0.39, 0.29) is 17.9 Å². The Labute approximate surface area is 118 Å². The van der Waals surface area contributed by atoms with Crippen molar-refractivity contribution in [2.45, 2.75) is 45.1 Å². The van der Waals surface area contributed by atoms with Crippen molar-refractivity contribution in [3.63, 3.8) is 0 Å². The fourth-order valence-corrected chi connectivity index (χ4v) is 2.47. The van der Waals surface area contributed by atoms with Crippen LogP contribution in [0.2, 0.25) is 0 Å². The molecule has 0 spiro atoms. The lowest BCUT2D eigenvalue weighted by Gasteiger charge is -2.23. The number of rotatable bonds is 4. The molecule has 0 aromatic heterocycles. The summed E-state index contributed by atoms with van der Waals surface area (Å²) in [5, 5.41) is 5.68. The molecule has 0 heterocycles. The van der Waals surface area contributed by atoms with E-state index in [1.165, 1.54) is 24.6 Å². The smallest absolute Gasteiger partial charge is 0.319 e. The Morgan fingerprint density at radius 1 is 1.35 bits per heavy atom. The molecule has 1 fully saturated rings. The summed E-state index contributed by atoms with van der Waals surface area (Å²) >= 11 is 0. The normalized spacial score (nSPS) is 15.7. The first-order valence-corrected chi connectivity index (χ1v) is 7.19. The molecule has 0 atom stereocenters. The number of urea groups is 1. The van der Waals surface area contributed by atoms with Gasteiger partial charge < -0.3 is 15.4 Å². The summed E-state index contributed by atoms with van der Waals surface area (Å²) in [7, 11) is 0. The van der Waals surface area contributed by atoms with Crippen LogP contribution in [0.3, 0.4) is 0 Å². The molecule has 0 unspecified atom stereocenters. The second-order valence-corrected chi connectivity index (χ2v) is 5.01. The Morgan fingerprint density at radius 3 is 2.80 bits per heavy atom. The van der Waals surface area contributed by atoms with Crippen molar-refractivity contribution < 1.29 is 13.9 Å². The van der Waals surface area contributed by atoms with E-state index in [1.54, 1.807) is 0 Å². The second-order valence-electron chi connectivity index (χ2n) is 5.01. The molecule has 0 saturated heterocycles. The first kappa shape index (κ1) is 14.6. The van der Waals surface area contributed by atoms with Gasteiger partial charge in [-0.05, 0) is 31.9 Å². The van der Waals surface area contributed by atoms with Crippen molar-refractivity contribution in [3.05, 3.63) is 24.0 Å². The predicted octanol–water partition coefficient (Wildman–Crippen LogP) is 3.68. The van der Waals surface area contributed by atoms with Crippen molar-refractivity contribution in [2.24, 2.45) is 0 Å². The number of carbonyl (C=O) groups excluding carboxylic acids is 1. The third-order valence-electron chi connectivity index (χ3n) is 3.43. The van der Waals surface area contributed by atoms with Crippen molar-refractivity contribution >= 4 is 11.7 Å². The zero-order chi connectivity index (χ0) is 14.4. The molecular weight excluding hydrogens is 259 g/mol. The highest BCUT2D eigenvalue weighted by Crippen LogP contribution is 2.25. The van der Waals surface area contributed by atoms with E-state index in [9.17, 15) is 9.18 Å². The molecule has 0 radical (unpaired) electrons. The van der Waals surface area contributed by atoms with Gasteiger partial charge in [-0.1, -0.05) is 19.3 Å². The summed E-state index contributed by atoms with van der Waals surface area (Å²) in [4.78, 5) is 12.0. The highest BCUT2D eigenvalue weighted by Gasteiger charge is 2.16. The topological polar surface area (TPSA) is 50.4 Å². The molecule has 1 aliphatic carbocycles. The van der Waals surface area contributed by atoms with Gasteiger partial charge in [-0.3, -0.25) is 0 Å². The molecule has 1 aromatic rings. The van der Waals surface area contributed by atoms with Crippen LogP contribution in [-0.4, -0.2) is 18.7 Å². The van der Waals surface area contributed by atoms with Gasteiger partial charge in [0.25, 0.3) is 0 Å². The average molecular weight is 280 g/mol. The van der Waals surface area contributed by atoms with Gasteiger partial charge in [0.2, 0.25) is 0 Å². The van der Waals surface area contributed by atoms with E-state index < -0.39 is 0 Å². The Bertz CT molecular complexity index is 459. The van der Waals surface area contributed by atoms with E-state index in [0.29, 0.717) is 18.0 Å². The first-order chi connectivity index (χ1) is 9.69. The molecule has 20 heavy (non-hydrogen) atoms. The summed E-state index contributed by atoms with van der Waals surface area (Å²) in [5.74, 6) is -0.0296. The zero-order valence-corrected chi connectivity index (χ0v) is 11.7. The maximum atomic E-state index is 13.2. The molecule has 1 saturated carbocycles. The molecule has 1 aliphatic rings. The highest BCUT2D eigenvalue weighted by molar-refractivity contribution is 5.91. The maximum absolute atomic E-state index is 13.2. The first-order valence-electron chi connectivity index (χ1n) is 7.19. The summed E-state index contributed by atoms with van der Waals surface area (Å²) in [5.41, 5.74) is 0.488. The van der Waals surface area contributed by atoms with Crippen LogP contribution in [0.4, 0.5) is 14.9 Å². The largest absolute Gasteiger partial charge is 0.492 e. The Kier molecular flexibility index (Phi) is 5.21. The summed E-state index contributed by atoms with van der Waals surface area (Å²) in [6, 6.07) is 4.07. The summed E-state index contributed by atoms with van der Waals surface area (Å²) < 4.78 is 18.5. The van der Waals surface area contributed by atoms with E-state index in [4.69, 9.17) is 4.74 Å². The van der Waals surface area contributed by atoms with Gasteiger partial charge >= 0.3 is 6.03 Å². The summed E-state index contributed by atoms with van der Waals surface area (Å²) in [6.07, 6.45) is 5.61. The van der Waals surface area contributed by atoms with E-state index in [2.05, 4.69) is 10.6 Å². The van der Waals surface area contributed by atoms with Gasteiger partial charge in [-0.15, -0.1) is 0 Å². The number of hydrogen-bond acceptors (Lipinski definition) is 2.